The maximum Gasteiger partial charge on any atom is 0.132 e. The van der Waals surface area contributed by atoms with Gasteiger partial charge in [0.2, 0.25) is 0 Å². The zero-order chi connectivity index (χ0) is 15.6. The van der Waals surface area contributed by atoms with Gasteiger partial charge in [-0.25, -0.2) is 9.37 Å². The molecule has 1 aromatic carbocycles. The number of rotatable bonds is 4. The van der Waals surface area contributed by atoms with Gasteiger partial charge in [0.25, 0.3) is 0 Å². The third kappa shape index (κ3) is 2.90. The smallest absolute Gasteiger partial charge is 0.132 e. The maximum absolute atomic E-state index is 14.3. The Morgan fingerprint density at radius 3 is 2.64 bits per heavy atom. The topological polar surface area (TPSA) is 29.9 Å². The van der Waals surface area contributed by atoms with Crippen LogP contribution in [0, 0.1) is 5.82 Å². The van der Waals surface area contributed by atoms with Crippen LogP contribution in [-0.2, 0) is 19.1 Å². The predicted molar refractivity (Wildman–Crippen MR) is 86.2 cm³/mol. The van der Waals surface area contributed by atoms with Crippen molar-refractivity contribution in [3.63, 3.8) is 0 Å². The van der Waals surface area contributed by atoms with Crippen molar-refractivity contribution in [3.05, 3.63) is 52.8 Å². The Balaban J connectivity index is 1.87. The molecule has 1 N–H and O–H groups in total. The highest BCUT2D eigenvalue weighted by Crippen LogP contribution is 2.38. The molecule has 22 heavy (non-hydrogen) atoms. The zero-order valence-electron chi connectivity index (χ0n) is 12.8. The number of aryl methyl sites for hydroxylation is 1. The summed E-state index contributed by atoms with van der Waals surface area (Å²) in [5, 5.41) is 4.19. The molecular weight excluding hydrogens is 301 g/mol. The van der Waals surface area contributed by atoms with Crippen molar-refractivity contribution < 1.29 is 4.39 Å². The normalized spacial score (nSPS) is 17.6. The predicted octanol–water partition coefficient (Wildman–Crippen LogP) is 4.16. The second kappa shape index (κ2) is 6.39. The molecule has 0 bridgehead atoms. The van der Waals surface area contributed by atoms with Crippen molar-refractivity contribution in [1.29, 1.82) is 0 Å². The Morgan fingerprint density at radius 1 is 1.27 bits per heavy atom. The van der Waals surface area contributed by atoms with Gasteiger partial charge in [0.1, 0.15) is 11.0 Å². The number of nitrogens with one attached hydrogen (secondary N) is 1. The van der Waals surface area contributed by atoms with Crippen molar-refractivity contribution in [3.8, 4) is 0 Å². The molecule has 0 spiro atoms. The molecule has 1 saturated carbocycles. The van der Waals surface area contributed by atoms with Gasteiger partial charge in [0.15, 0.2) is 0 Å². The summed E-state index contributed by atoms with van der Waals surface area (Å²) >= 11 is 6.24. The molecule has 118 valence electrons. The van der Waals surface area contributed by atoms with Crippen LogP contribution in [0.2, 0.25) is 5.15 Å². The van der Waals surface area contributed by atoms with E-state index in [4.69, 9.17) is 11.6 Å². The van der Waals surface area contributed by atoms with Crippen LogP contribution >= 0.6 is 11.6 Å². The maximum atomic E-state index is 14.3. The number of halogens is 2. The average molecular weight is 322 g/mol. The van der Waals surface area contributed by atoms with Crippen molar-refractivity contribution in [2.45, 2.75) is 44.2 Å². The molecular formula is C17H21ClFN3. The summed E-state index contributed by atoms with van der Waals surface area (Å²) < 4.78 is 16.1. The summed E-state index contributed by atoms with van der Waals surface area (Å²) in [5.74, 6) is -0.135. The van der Waals surface area contributed by atoms with E-state index < -0.39 is 0 Å². The van der Waals surface area contributed by atoms with Crippen molar-refractivity contribution >= 4 is 11.6 Å². The number of imidazole rings is 1. The fourth-order valence-electron chi connectivity index (χ4n) is 3.38. The van der Waals surface area contributed by atoms with Crippen LogP contribution in [0.25, 0.3) is 0 Å². The van der Waals surface area contributed by atoms with Crippen LogP contribution in [0.1, 0.15) is 43.4 Å². The minimum Gasteiger partial charge on any atom is -0.325 e. The molecule has 1 aromatic heterocycles. The second-order valence-electron chi connectivity index (χ2n) is 6.07. The van der Waals surface area contributed by atoms with Gasteiger partial charge in [-0.05, 0) is 18.9 Å². The van der Waals surface area contributed by atoms with E-state index in [1.807, 2.05) is 19.2 Å². The minimum atomic E-state index is -0.315. The van der Waals surface area contributed by atoms with Gasteiger partial charge < -0.3 is 9.88 Å². The first-order valence-electron chi connectivity index (χ1n) is 7.78. The fraction of sp³-hybridized carbons (Fsp3) is 0.471. The number of nitrogens with zero attached hydrogens (tertiary/aromatic N) is 2. The molecule has 1 aliphatic rings. The summed E-state index contributed by atoms with van der Waals surface area (Å²) in [7, 11) is 1.87. The number of aromatic nitrogens is 2. The van der Waals surface area contributed by atoms with Crippen molar-refractivity contribution in [1.82, 2.24) is 14.9 Å². The van der Waals surface area contributed by atoms with Gasteiger partial charge >= 0.3 is 0 Å². The molecule has 1 fully saturated rings. The molecule has 1 aliphatic carbocycles. The number of hydrogen-bond donors (Lipinski definition) is 1. The summed E-state index contributed by atoms with van der Waals surface area (Å²) in [5.41, 5.74) is 1.26. The third-order valence-corrected chi connectivity index (χ3v) is 5.11. The summed E-state index contributed by atoms with van der Waals surface area (Å²) in [4.78, 5) is 4.32. The Bertz CT molecular complexity index is 647. The Morgan fingerprint density at radius 2 is 2.00 bits per heavy atom. The molecule has 0 saturated heterocycles. The van der Waals surface area contributed by atoms with Crippen molar-refractivity contribution in [2.24, 2.45) is 7.05 Å². The Kier molecular flexibility index (Phi) is 4.50. The molecule has 0 radical (unpaired) electrons. The fourth-order valence-corrected chi connectivity index (χ4v) is 3.54. The zero-order valence-corrected chi connectivity index (χ0v) is 13.5. The monoisotopic (exact) mass is 321 g/mol. The SMILES string of the molecule is Cn1cnc(CNC2(c3ccccc3F)CCCCC2)c1Cl. The van der Waals surface area contributed by atoms with E-state index in [0.29, 0.717) is 11.7 Å². The van der Waals surface area contributed by atoms with Crippen LogP contribution in [-0.4, -0.2) is 9.55 Å². The van der Waals surface area contributed by atoms with Crippen LogP contribution in [0.5, 0.6) is 0 Å². The molecule has 3 rings (SSSR count). The second-order valence-corrected chi connectivity index (χ2v) is 6.43. The minimum absolute atomic E-state index is 0.135. The molecule has 3 nitrogen and oxygen atoms in total. The van der Waals surface area contributed by atoms with Gasteiger partial charge in [0, 0.05) is 24.7 Å². The van der Waals surface area contributed by atoms with Crippen LogP contribution in [0.15, 0.2) is 30.6 Å². The Hall–Kier alpha value is -1.39. The van der Waals surface area contributed by atoms with Gasteiger partial charge in [-0.1, -0.05) is 49.1 Å². The quantitative estimate of drug-likeness (QED) is 0.916. The summed E-state index contributed by atoms with van der Waals surface area (Å²) in [6.45, 7) is 0.550. The lowest BCUT2D eigenvalue weighted by atomic mass is 9.76. The summed E-state index contributed by atoms with van der Waals surface area (Å²) in [6, 6.07) is 7.09. The average Bonchev–Trinajstić information content (AvgIpc) is 2.86. The van der Waals surface area contributed by atoms with E-state index in [0.717, 1.165) is 36.9 Å². The van der Waals surface area contributed by atoms with Crippen LogP contribution in [0.3, 0.4) is 0 Å². The highest BCUT2D eigenvalue weighted by molar-refractivity contribution is 6.30. The van der Waals surface area contributed by atoms with Crippen LogP contribution < -0.4 is 5.32 Å². The van der Waals surface area contributed by atoms with E-state index in [2.05, 4.69) is 10.3 Å². The van der Waals surface area contributed by atoms with E-state index in [9.17, 15) is 4.39 Å². The van der Waals surface area contributed by atoms with Gasteiger partial charge in [-0.3, -0.25) is 0 Å². The van der Waals surface area contributed by atoms with Gasteiger partial charge in [-0.2, -0.15) is 0 Å². The first kappa shape index (κ1) is 15.5. The number of hydrogen-bond acceptors (Lipinski definition) is 2. The Labute approximate surface area is 135 Å². The standard InChI is InChI=1S/C17H21ClFN3/c1-22-12-20-15(16(22)18)11-21-17(9-5-2-6-10-17)13-7-3-4-8-14(13)19/h3-4,7-8,12,21H,2,5-6,9-11H2,1H3. The molecule has 0 aliphatic heterocycles. The third-order valence-electron chi connectivity index (χ3n) is 4.63. The molecule has 0 amide bonds. The lowest BCUT2D eigenvalue weighted by Crippen LogP contribution is -2.44. The highest BCUT2D eigenvalue weighted by Gasteiger charge is 2.35. The highest BCUT2D eigenvalue weighted by atomic mass is 35.5. The largest absolute Gasteiger partial charge is 0.325 e. The molecule has 2 aromatic rings. The van der Waals surface area contributed by atoms with E-state index in [1.54, 1.807) is 23.0 Å². The lowest BCUT2D eigenvalue weighted by molar-refractivity contribution is 0.223. The molecule has 1 heterocycles. The lowest BCUT2D eigenvalue weighted by Gasteiger charge is -2.39. The van der Waals surface area contributed by atoms with Gasteiger partial charge in [-0.15, -0.1) is 0 Å². The van der Waals surface area contributed by atoms with Crippen molar-refractivity contribution in [2.75, 3.05) is 0 Å². The summed E-state index contributed by atoms with van der Waals surface area (Å²) in [6.07, 6.45) is 7.02. The van der Waals surface area contributed by atoms with Gasteiger partial charge in [0.05, 0.1) is 12.0 Å². The molecule has 0 unspecified atom stereocenters. The first-order chi connectivity index (χ1) is 10.6. The van der Waals surface area contributed by atoms with Crippen LogP contribution in [0.4, 0.5) is 4.39 Å². The molecule has 5 heteroatoms. The van der Waals surface area contributed by atoms with E-state index in [1.165, 1.54) is 6.42 Å². The first-order valence-corrected chi connectivity index (χ1v) is 8.16. The molecule has 0 atom stereocenters. The van der Waals surface area contributed by atoms with E-state index in [-0.39, 0.29) is 11.4 Å². The van der Waals surface area contributed by atoms with E-state index >= 15 is 0 Å². The number of benzene rings is 1.